The zero-order valence-corrected chi connectivity index (χ0v) is 17.6. The standard InChI is InChI=1S/C23H30N2O4/c1-21(2)22(3)6-7-23(21,13-19(22)26)20(27)25-10-8-24(9-11-25)14-16-4-5-17-18(12-16)29-15-28-17/h4-5,12H,6-11,13-15H2,1-3H3/t22-,23-/m0/s1. The zero-order chi connectivity index (χ0) is 20.4. The van der Waals surface area contributed by atoms with Crippen LogP contribution in [0.4, 0.5) is 0 Å². The lowest BCUT2D eigenvalue weighted by Crippen LogP contribution is -2.55. The molecule has 2 atom stereocenters. The molecule has 5 rings (SSSR count). The second-order valence-corrected chi connectivity index (χ2v) is 9.90. The molecule has 0 spiro atoms. The Morgan fingerprint density at radius 3 is 2.41 bits per heavy atom. The highest BCUT2D eigenvalue weighted by Crippen LogP contribution is 2.71. The Bertz CT molecular complexity index is 874. The normalized spacial score (nSPS) is 32.8. The van der Waals surface area contributed by atoms with Crippen LogP contribution in [0.25, 0.3) is 0 Å². The summed E-state index contributed by atoms with van der Waals surface area (Å²) in [6.07, 6.45) is 2.11. The number of hydrogen-bond donors (Lipinski definition) is 0. The monoisotopic (exact) mass is 398 g/mol. The predicted octanol–water partition coefficient (Wildman–Crippen LogP) is 2.85. The number of ketones is 1. The number of carbonyl (C=O) groups excluding carboxylic acids is 2. The van der Waals surface area contributed by atoms with Gasteiger partial charge in [0.05, 0.1) is 5.41 Å². The fourth-order valence-corrected chi connectivity index (χ4v) is 6.04. The number of amides is 1. The van der Waals surface area contributed by atoms with Crippen molar-refractivity contribution in [2.75, 3.05) is 33.0 Å². The number of ether oxygens (including phenoxy) is 2. The van der Waals surface area contributed by atoms with E-state index in [9.17, 15) is 9.59 Å². The van der Waals surface area contributed by atoms with E-state index in [2.05, 4.69) is 31.7 Å². The van der Waals surface area contributed by atoms with E-state index in [0.717, 1.165) is 57.1 Å². The second-order valence-electron chi connectivity index (χ2n) is 9.90. The van der Waals surface area contributed by atoms with Crippen molar-refractivity contribution in [1.82, 2.24) is 9.80 Å². The molecule has 0 radical (unpaired) electrons. The highest BCUT2D eigenvalue weighted by atomic mass is 16.7. The van der Waals surface area contributed by atoms with Crippen LogP contribution in [0.3, 0.4) is 0 Å². The topological polar surface area (TPSA) is 59.1 Å². The van der Waals surface area contributed by atoms with Crippen LogP contribution in [0, 0.1) is 16.2 Å². The quantitative estimate of drug-likeness (QED) is 0.784. The lowest BCUT2D eigenvalue weighted by molar-refractivity contribution is -0.149. The molecule has 3 fully saturated rings. The van der Waals surface area contributed by atoms with Gasteiger partial charge in [0.25, 0.3) is 0 Å². The molecule has 29 heavy (non-hydrogen) atoms. The third kappa shape index (κ3) is 2.51. The Hall–Kier alpha value is -2.08. The van der Waals surface area contributed by atoms with Crippen LogP contribution in [-0.2, 0) is 16.1 Å². The summed E-state index contributed by atoms with van der Waals surface area (Å²) in [6.45, 7) is 10.6. The van der Waals surface area contributed by atoms with Gasteiger partial charge in [-0.2, -0.15) is 0 Å². The van der Waals surface area contributed by atoms with Gasteiger partial charge < -0.3 is 14.4 Å². The van der Waals surface area contributed by atoms with Crippen LogP contribution in [-0.4, -0.2) is 54.5 Å². The Labute approximate surface area is 172 Å². The summed E-state index contributed by atoms with van der Waals surface area (Å²) in [4.78, 5) is 30.7. The van der Waals surface area contributed by atoms with E-state index in [4.69, 9.17) is 9.47 Å². The molecule has 1 amide bonds. The fraction of sp³-hybridized carbons (Fsp3) is 0.652. The summed E-state index contributed by atoms with van der Waals surface area (Å²) in [5.41, 5.74) is 0.0849. The van der Waals surface area contributed by atoms with E-state index in [-0.39, 0.29) is 22.5 Å². The largest absolute Gasteiger partial charge is 0.454 e. The van der Waals surface area contributed by atoms with Crippen LogP contribution in [0.2, 0.25) is 0 Å². The van der Waals surface area contributed by atoms with Crippen molar-refractivity contribution in [3.8, 4) is 11.5 Å². The fourth-order valence-electron chi connectivity index (χ4n) is 6.04. The van der Waals surface area contributed by atoms with Crippen LogP contribution in [0.5, 0.6) is 11.5 Å². The van der Waals surface area contributed by atoms with Gasteiger partial charge in [-0.1, -0.05) is 26.8 Å². The van der Waals surface area contributed by atoms with Crippen molar-refractivity contribution in [2.45, 2.75) is 46.6 Å². The van der Waals surface area contributed by atoms with Crippen molar-refractivity contribution in [3.63, 3.8) is 0 Å². The number of carbonyl (C=O) groups is 2. The van der Waals surface area contributed by atoms with E-state index in [1.807, 2.05) is 17.0 Å². The molecule has 1 aromatic rings. The van der Waals surface area contributed by atoms with Gasteiger partial charge in [0.15, 0.2) is 11.5 Å². The number of rotatable bonds is 3. The third-order valence-electron chi connectivity index (χ3n) is 8.62. The molecule has 2 heterocycles. The van der Waals surface area contributed by atoms with Crippen LogP contribution < -0.4 is 9.47 Å². The maximum absolute atomic E-state index is 13.6. The van der Waals surface area contributed by atoms with Gasteiger partial charge in [0.1, 0.15) is 5.78 Å². The highest BCUT2D eigenvalue weighted by Gasteiger charge is 2.73. The number of Topliss-reactive ketones (excluding diaryl/α,β-unsaturated/α-hetero) is 1. The minimum absolute atomic E-state index is 0.208. The first-order chi connectivity index (χ1) is 13.8. The van der Waals surface area contributed by atoms with E-state index >= 15 is 0 Å². The van der Waals surface area contributed by atoms with Crippen molar-refractivity contribution in [1.29, 1.82) is 0 Å². The van der Waals surface area contributed by atoms with Gasteiger partial charge in [0, 0.05) is 44.6 Å². The van der Waals surface area contributed by atoms with E-state index in [0.29, 0.717) is 13.2 Å². The molecule has 0 aromatic heterocycles. The second kappa shape index (κ2) is 6.21. The van der Waals surface area contributed by atoms with Crippen molar-refractivity contribution < 1.29 is 19.1 Å². The van der Waals surface area contributed by atoms with Crippen molar-refractivity contribution in [2.24, 2.45) is 16.2 Å². The molecule has 6 nitrogen and oxygen atoms in total. The summed E-state index contributed by atoms with van der Waals surface area (Å²) >= 11 is 0. The minimum atomic E-state index is -0.502. The molecular formula is C23H30N2O4. The smallest absolute Gasteiger partial charge is 0.231 e. The van der Waals surface area contributed by atoms with Crippen LogP contribution in [0.1, 0.15) is 45.6 Å². The summed E-state index contributed by atoms with van der Waals surface area (Å²) in [7, 11) is 0. The Morgan fingerprint density at radius 1 is 1.03 bits per heavy atom. The number of fused-ring (bicyclic) bond motifs is 3. The molecule has 1 saturated heterocycles. The zero-order valence-electron chi connectivity index (χ0n) is 17.6. The summed E-state index contributed by atoms with van der Waals surface area (Å²) in [6, 6.07) is 6.09. The molecular weight excluding hydrogens is 368 g/mol. The number of piperazine rings is 1. The Kier molecular flexibility index (Phi) is 4.05. The summed E-state index contributed by atoms with van der Waals surface area (Å²) < 4.78 is 10.9. The van der Waals surface area contributed by atoms with Gasteiger partial charge >= 0.3 is 0 Å². The van der Waals surface area contributed by atoms with Crippen LogP contribution in [0.15, 0.2) is 18.2 Å². The molecule has 1 aromatic carbocycles. The molecule has 0 N–H and O–H groups in total. The van der Waals surface area contributed by atoms with E-state index in [1.54, 1.807) is 0 Å². The first kappa shape index (κ1) is 18.9. The maximum atomic E-state index is 13.6. The Balaban J connectivity index is 1.24. The predicted molar refractivity (Wildman–Crippen MR) is 108 cm³/mol. The van der Waals surface area contributed by atoms with Crippen molar-refractivity contribution >= 4 is 11.7 Å². The van der Waals surface area contributed by atoms with Gasteiger partial charge in [-0.25, -0.2) is 0 Å². The molecule has 2 aliphatic heterocycles. The molecule has 0 unspecified atom stereocenters. The SMILES string of the molecule is CC1(C)[C@@]2(C(=O)N3CCN(Cc4ccc5c(c4)OCO5)CC3)CC[C@@]1(C)C(=O)C2. The number of nitrogens with zero attached hydrogens (tertiary/aromatic N) is 2. The van der Waals surface area contributed by atoms with Gasteiger partial charge in [0.2, 0.25) is 12.7 Å². The first-order valence-corrected chi connectivity index (χ1v) is 10.7. The van der Waals surface area contributed by atoms with E-state index in [1.165, 1.54) is 5.56 Å². The molecule has 4 aliphatic rings. The molecule has 2 bridgehead atoms. The van der Waals surface area contributed by atoms with E-state index < -0.39 is 5.41 Å². The summed E-state index contributed by atoms with van der Waals surface area (Å²) in [5.74, 6) is 2.11. The molecule has 6 heteroatoms. The van der Waals surface area contributed by atoms with Crippen LogP contribution >= 0.6 is 0 Å². The van der Waals surface area contributed by atoms with Gasteiger partial charge in [-0.05, 0) is 36.0 Å². The lowest BCUT2D eigenvalue weighted by atomic mass is 9.64. The average molecular weight is 399 g/mol. The van der Waals surface area contributed by atoms with Crippen molar-refractivity contribution in [3.05, 3.63) is 23.8 Å². The lowest BCUT2D eigenvalue weighted by Gasteiger charge is -2.44. The molecule has 156 valence electrons. The number of benzene rings is 1. The maximum Gasteiger partial charge on any atom is 0.231 e. The first-order valence-electron chi connectivity index (χ1n) is 10.7. The Morgan fingerprint density at radius 2 is 1.76 bits per heavy atom. The molecule has 2 saturated carbocycles. The van der Waals surface area contributed by atoms with Gasteiger partial charge in [-0.3, -0.25) is 14.5 Å². The van der Waals surface area contributed by atoms with Gasteiger partial charge in [-0.15, -0.1) is 0 Å². The summed E-state index contributed by atoms with van der Waals surface area (Å²) in [5, 5.41) is 0. The number of hydrogen-bond acceptors (Lipinski definition) is 5. The molecule has 2 aliphatic carbocycles. The highest BCUT2D eigenvalue weighted by molar-refractivity contribution is 5.99. The minimum Gasteiger partial charge on any atom is -0.454 e. The average Bonchev–Trinajstić information content (AvgIpc) is 3.29. The third-order valence-corrected chi connectivity index (χ3v) is 8.62.